The molecule has 0 amide bonds. The van der Waals surface area contributed by atoms with E-state index in [0.29, 0.717) is 0 Å². The quantitative estimate of drug-likeness (QED) is 0.435. The van der Waals surface area contributed by atoms with Gasteiger partial charge in [0, 0.05) is 25.0 Å². The second kappa shape index (κ2) is 7.11. The average Bonchev–Trinajstić information content (AvgIpc) is 3.04. The van der Waals surface area contributed by atoms with Gasteiger partial charge in [0.25, 0.3) is 0 Å². The molecule has 1 aromatic heterocycles. The molecule has 2 aromatic carbocycles. The third kappa shape index (κ3) is 3.34. The number of hydrogen-bond donors (Lipinski definition) is 0. The Labute approximate surface area is 155 Å². The van der Waals surface area contributed by atoms with Crippen molar-refractivity contribution in [2.75, 3.05) is 13.4 Å². The summed E-state index contributed by atoms with van der Waals surface area (Å²) in [6.07, 6.45) is 3.51. The van der Waals surface area contributed by atoms with E-state index in [9.17, 15) is 0 Å². The second-order valence-corrected chi connectivity index (χ2v) is 7.26. The van der Waals surface area contributed by atoms with Crippen molar-refractivity contribution in [2.24, 2.45) is 0 Å². The number of aromatic nitrogens is 1. The topological polar surface area (TPSA) is 35.3 Å². The lowest BCUT2D eigenvalue weighted by Gasteiger charge is -2.08. The zero-order valence-corrected chi connectivity index (χ0v) is 16.5. The Morgan fingerprint density at radius 1 is 1.09 bits per heavy atom. The summed E-state index contributed by atoms with van der Waals surface area (Å²) >= 11 is 8.92. The number of hydrogen-bond acceptors (Lipinski definition) is 4. The first-order valence-electron chi connectivity index (χ1n) is 6.75. The maximum atomic E-state index is 5.64. The van der Waals surface area contributed by atoms with Gasteiger partial charge in [0.15, 0.2) is 12.2 Å². The summed E-state index contributed by atoms with van der Waals surface area (Å²) in [5.41, 5.74) is 2.71. The van der Waals surface area contributed by atoms with E-state index >= 15 is 0 Å². The van der Waals surface area contributed by atoms with Crippen molar-refractivity contribution in [1.29, 1.82) is 0 Å². The molecule has 3 rings (SSSR count). The van der Waals surface area contributed by atoms with E-state index in [1.54, 1.807) is 18.9 Å². The molecule has 0 aliphatic heterocycles. The molecule has 0 aliphatic carbocycles. The molecule has 1 heterocycles. The fourth-order valence-corrected chi connectivity index (χ4v) is 4.98. The van der Waals surface area contributed by atoms with Crippen LogP contribution >= 0.6 is 43.6 Å². The van der Waals surface area contributed by atoms with Crippen LogP contribution < -0.4 is 4.74 Å². The number of ether oxygens (including phenoxy) is 1. The molecule has 0 unspecified atom stereocenters. The molecule has 3 aromatic rings. The third-order valence-electron chi connectivity index (χ3n) is 3.38. The van der Waals surface area contributed by atoms with Crippen molar-refractivity contribution in [3.05, 3.63) is 51.7 Å². The van der Waals surface area contributed by atoms with E-state index in [2.05, 4.69) is 49.0 Å². The molecule has 0 saturated carbocycles. The Kier molecular flexibility index (Phi) is 5.14. The van der Waals surface area contributed by atoms with Gasteiger partial charge in [0.2, 0.25) is 0 Å². The highest BCUT2D eigenvalue weighted by Crippen LogP contribution is 2.40. The van der Waals surface area contributed by atoms with Gasteiger partial charge in [0.05, 0.1) is 7.11 Å². The summed E-state index contributed by atoms with van der Waals surface area (Å²) in [5, 5.41) is 0. The van der Waals surface area contributed by atoms with Gasteiger partial charge in [0.1, 0.15) is 11.4 Å². The standard InChI is InChI=1S/C17H13Br2NO2S/c1-21-12-5-3-4-10(6-12)16-15(20-9-22-16)11-7-13(18)17(23-2)14(19)8-11/h3-9H,1-2H3. The normalized spacial score (nSPS) is 10.8. The van der Waals surface area contributed by atoms with Crippen molar-refractivity contribution >= 4 is 43.6 Å². The Morgan fingerprint density at radius 2 is 1.83 bits per heavy atom. The summed E-state index contributed by atoms with van der Waals surface area (Å²) in [5.74, 6) is 1.50. The summed E-state index contributed by atoms with van der Waals surface area (Å²) < 4.78 is 13.0. The summed E-state index contributed by atoms with van der Waals surface area (Å²) in [7, 11) is 1.65. The molecule has 0 radical (unpaired) electrons. The summed E-state index contributed by atoms with van der Waals surface area (Å²) in [6, 6.07) is 11.9. The monoisotopic (exact) mass is 453 g/mol. The highest BCUT2D eigenvalue weighted by Gasteiger charge is 2.16. The van der Waals surface area contributed by atoms with Crippen LogP contribution in [0.5, 0.6) is 5.75 Å². The average molecular weight is 455 g/mol. The van der Waals surface area contributed by atoms with Gasteiger partial charge >= 0.3 is 0 Å². The van der Waals surface area contributed by atoms with Crippen molar-refractivity contribution in [3.8, 4) is 28.3 Å². The largest absolute Gasteiger partial charge is 0.497 e. The van der Waals surface area contributed by atoms with Crippen LogP contribution in [0.2, 0.25) is 0 Å². The molecule has 0 spiro atoms. The Balaban J connectivity index is 2.11. The molecule has 0 saturated heterocycles. The lowest BCUT2D eigenvalue weighted by molar-refractivity contribution is 0.415. The number of oxazole rings is 1. The van der Waals surface area contributed by atoms with Gasteiger partial charge < -0.3 is 9.15 Å². The predicted molar refractivity (Wildman–Crippen MR) is 101 cm³/mol. The second-order valence-electron chi connectivity index (χ2n) is 4.74. The van der Waals surface area contributed by atoms with Crippen molar-refractivity contribution in [3.63, 3.8) is 0 Å². The first kappa shape index (κ1) is 16.6. The van der Waals surface area contributed by atoms with Crippen LogP contribution in [0.15, 0.2) is 61.0 Å². The summed E-state index contributed by atoms with van der Waals surface area (Å²) in [6.45, 7) is 0. The highest BCUT2D eigenvalue weighted by molar-refractivity contribution is 9.11. The molecule has 3 nitrogen and oxygen atoms in total. The molecular formula is C17H13Br2NO2S. The van der Waals surface area contributed by atoms with Crippen LogP contribution in [0, 0.1) is 0 Å². The van der Waals surface area contributed by atoms with E-state index in [0.717, 1.165) is 42.2 Å². The molecule has 6 heteroatoms. The lowest BCUT2D eigenvalue weighted by Crippen LogP contribution is -1.87. The number of methoxy groups -OCH3 is 1. The Bertz CT molecular complexity index is 825. The van der Waals surface area contributed by atoms with Crippen LogP contribution in [-0.2, 0) is 0 Å². The van der Waals surface area contributed by atoms with Gasteiger partial charge in [-0.1, -0.05) is 12.1 Å². The molecule has 0 fully saturated rings. The maximum Gasteiger partial charge on any atom is 0.182 e. The van der Waals surface area contributed by atoms with Gasteiger partial charge in [-0.2, -0.15) is 0 Å². The summed E-state index contributed by atoms with van der Waals surface area (Å²) in [4.78, 5) is 5.55. The molecule has 0 bridgehead atoms. The minimum atomic E-state index is 0.722. The Morgan fingerprint density at radius 3 is 2.48 bits per heavy atom. The smallest absolute Gasteiger partial charge is 0.182 e. The minimum absolute atomic E-state index is 0.722. The number of benzene rings is 2. The van der Waals surface area contributed by atoms with Crippen LogP contribution in [0.1, 0.15) is 0 Å². The van der Waals surface area contributed by atoms with Gasteiger partial charge in [-0.15, -0.1) is 11.8 Å². The van der Waals surface area contributed by atoms with E-state index < -0.39 is 0 Å². The number of thioether (sulfide) groups is 1. The molecule has 0 atom stereocenters. The molecule has 23 heavy (non-hydrogen) atoms. The molecular weight excluding hydrogens is 442 g/mol. The van der Waals surface area contributed by atoms with Crippen molar-refractivity contribution < 1.29 is 9.15 Å². The predicted octanol–water partition coefficient (Wildman–Crippen LogP) is 6.26. The molecule has 0 N–H and O–H groups in total. The van der Waals surface area contributed by atoms with Crippen LogP contribution in [0.3, 0.4) is 0 Å². The van der Waals surface area contributed by atoms with Gasteiger partial charge in [-0.25, -0.2) is 4.98 Å². The molecule has 0 aliphatic rings. The fraction of sp³-hybridized carbons (Fsp3) is 0.118. The minimum Gasteiger partial charge on any atom is -0.497 e. The fourth-order valence-electron chi connectivity index (χ4n) is 2.31. The highest BCUT2D eigenvalue weighted by atomic mass is 79.9. The van der Waals surface area contributed by atoms with Crippen LogP contribution in [0.25, 0.3) is 22.6 Å². The first-order valence-corrected chi connectivity index (χ1v) is 9.56. The first-order chi connectivity index (χ1) is 11.1. The lowest BCUT2D eigenvalue weighted by atomic mass is 10.1. The SMILES string of the molecule is COc1cccc(-c2ocnc2-c2cc(Br)c(SC)c(Br)c2)c1. The number of nitrogens with zero attached hydrogens (tertiary/aromatic N) is 1. The third-order valence-corrected chi connectivity index (χ3v) is 6.00. The number of halogens is 2. The maximum absolute atomic E-state index is 5.64. The number of rotatable bonds is 4. The van der Waals surface area contributed by atoms with Crippen LogP contribution in [0.4, 0.5) is 0 Å². The van der Waals surface area contributed by atoms with E-state index in [4.69, 9.17) is 9.15 Å². The molecule has 118 valence electrons. The van der Waals surface area contributed by atoms with E-state index in [1.165, 1.54) is 6.39 Å². The Hall–Kier alpha value is -1.24. The zero-order valence-electron chi connectivity index (χ0n) is 12.5. The van der Waals surface area contributed by atoms with Crippen LogP contribution in [-0.4, -0.2) is 18.3 Å². The van der Waals surface area contributed by atoms with E-state index in [-0.39, 0.29) is 0 Å². The zero-order chi connectivity index (χ0) is 16.4. The van der Waals surface area contributed by atoms with E-state index in [1.807, 2.05) is 30.5 Å². The van der Waals surface area contributed by atoms with Gasteiger partial charge in [-0.05, 0) is 62.4 Å². The van der Waals surface area contributed by atoms with Gasteiger partial charge in [-0.3, -0.25) is 0 Å². The van der Waals surface area contributed by atoms with Crippen molar-refractivity contribution in [1.82, 2.24) is 4.98 Å². The van der Waals surface area contributed by atoms with Crippen molar-refractivity contribution in [2.45, 2.75) is 4.90 Å².